The highest BCUT2D eigenvalue weighted by Gasteiger charge is 2.19. The van der Waals surface area contributed by atoms with Crippen molar-refractivity contribution in [3.05, 3.63) is 58.8 Å². The number of carbonyl (C=O) groups excluding carboxylic acids is 1. The molecule has 0 saturated carbocycles. The number of sulfone groups is 1. The van der Waals surface area contributed by atoms with Crippen molar-refractivity contribution in [1.82, 2.24) is 10.1 Å². The first-order chi connectivity index (χ1) is 11.4. The maximum absolute atomic E-state index is 12.3. The highest BCUT2D eigenvalue weighted by molar-refractivity contribution is 7.89. The van der Waals surface area contributed by atoms with Crippen molar-refractivity contribution in [1.29, 1.82) is 0 Å². The third-order valence-electron chi connectivity index (χ3n) is 3.15. The van der Waals surface area contributed by atoms with Crippen LogP contribution >= 0.6 is 11.3 Å². The van der Waals surface area contributed by atoms with Crippen LogP contribution < -0.4 is 5.73 Å². The van der Waals surface area contributed by atoms with Crippen molar-refractivity contribution < 1.29 is 17.7 Å². The smallest absolute Gasteiger partial charge is 0.248 e. The van der Waals surface area contributed by atoms with E-state index in [-0.39, 0.29) is 23.0 Å². The second-order valence-electron chi connectivity index (χ2n) is 5.09. The minimum Gasteiger partial charge on any atom is -0.366 e. The molecule has 0 fully saturated rings. The highest BCUT2D eigenvalue weighted by Crippen LogP contribution is 2.22. The molecule has 0 aliphatic rings. The van der Waals surface area contributed by atoms with E-state index in [0.717, 1.165) is 4.88 Å². The van der Waals surface area contributed by atoms with Gasteiger partial charge in [-0.2, -0.15) is 4.98 Å². The van der Waals surface area contributed by atoms with Crippen molar-refractivity contribution in [3.8, 4) is 10.7 Å². The average Bonchev–Trinajstić information content (AvgIpc) is 3.17. The van der Waals surface area contributed by atoms with E-state index in [1.165, 1.54) is 23.5 Å². The maximum Gasteiger partial charge on any atom is 0.248 e. The number of thiophene rings is 1. The van der Waals surface area contributed by atoms with Gasteiger partial charge >= 0.3 is 0 Å². The number of benzene rings is 1. The van der Waals surface area contributed by atoms with Crippen LogP contribution in [0.1, 0.15) is 21.8 Å². The normalized spacial score (nSPS) is 11.5. The van der Waals surface area contributed by atoms with Crippen LogP contribution in [-0.2, 0) is 21.3 Å². The van der Waals surface area contributed by atoms with E-state index < -0.39 is 15.7 Å². The van der Waals surface area contributed by atoms with Gasteiger partial charge in [0.1, 0.15) is 5.75 Å². The molecule has 0 aliphatic carbocycles. The average molecular weight is 363 g/mol. The Bertz CT molecular complexity index is 962. The van der Waals surface area contributed by atoms with Gasteiger partial charge < -0.3 is 10.3 Å². The molecule has 0 unspecified atom stereocenters. The first-order valence-corrected chi connectivity index (χ1v) is 9.59. The van der Waals surface area contributed by atoms with Gasteiger partial charge in [0.15, 0.2) is 9.84 Å². The zero-order valence-electron chi connectivity index (χ0n) is 12.4. The van der Waals surface area contributed by atoms with Crippen molar-refractivity contribution in [2.75, 3.05) is 0 Å². The van der Waals surface area contributed by atoms with Gasteiger partial charge in [0.05, 0.1) is 10.6 Å². The van der Waals surface area contributed by atoms with E-state index in [4.69, 9.17) is 10.3 Å². The summed E-state index contributed by atoms with van der Waals surface area (Å²) in [4.78, 5) is 16.1. The highest BCUT2D eigenvalue weighted by atomic mass is 32.2. The molecule has 24 heavy (non-hydrogen) atoms. The maximum atomic E-state index is 12.3. The second kappa shape index (κ2) is 6.54. The number of nitrogens with two attached hydrogens (primary N) is 1. The number of hydrogen-bond donors (Lipinski definition) is 1. The molecule has 0 bridgehead atoms. The lowest BCUT2D eigenvalue weighted by Gasteiger charge is -2.03. The molecule has 2 aromatic heterocycles. The van der Waals surface area contributed by atoms with E-state index in [9.17, 15) is 13.2 Å². The Morgan fingerprint density at radius 2 is 2.04 bits per heavy atom. The first-order valence-electron chi connectivity index (χ1n) is 6.88. The van der Waals surface area contributed by atoms with Gasteiger partial charge in [0.25, 0.3) is 0 Å². The van der Waals surface area contributed by atoms with E-state index in [1.807, 2.05) is 17.5 Å². The number of primary amides is 1. The monoisotopic (exact) mass is 363 g/mol. The van der Waals surface area contributed by atoms with Crippen LogP contribution in [-0.4, -0.2) is 24.5 Å². The van der Waals surface area contributed by atoms with E-state index in [0.29, 0.717) is 11.4 Å². The van der Waals surface area contributed by atoms with Crippen molar-refractivity contribution in [2.24, 2.45) is 5.73 Å². The standard InChI is InChI=1S/C15H13N3O4S2/c16-14(19)11-4-1-3-10(7-11)8-24(20,21)9-13-17-15(18-22-13)12-5-2-6-23-12/h1-7H,8-9H2,(H2,16,19). The number of rotatable bonds is 6. The molecular formula is C15H13N3O4S2. The van der Waals surface area contributed by atoms with Gasteiger partial charge in [-0.3, -0.25) is 4.79 Å². The molecule has 3 rings (SSSR count). The Morgan fingerprint density at radius 3 is 2.75 bits per heavy atom. The van der Waals surface area contributed by atoms with E-state index >= 15 is 0 Å². The second-order valence-corrected chi connectivity index (χ2v) is 8.10. The summed E-state index contributed by atoms with van der Waals surface area (Å²) < 4.78 is 29.6. The van der Waals surface area contributed by atoms with E-state index in [1.54, 1.807) is 12.1 Å². The Morgan fingerprint density at radius 1 is 1.21 bits per heavy atom. The predicted molar refractivity (Wildman–Crippen MR) is 88.9 cm³/mol. The summed E-state index contributed by atoms with van der Waals surface area (Å²) in [6.45, 7) is 0. The van der Waals surface area contributed by atoms with Crippen LogP contribution in [0.5, 0.6) is 0 Å². The minimum atomic E-state index is -3.53. The van der Waals surface area contributed by atoms with Gasteiger partial charge in [0, 0.05) is 5.56 Å². The molecule has 9 heteroatoms. The fourth-order valence-corrected chi connectivity index (χ4v) is 4.06. The van der Waals surface area contributed by atoms with Crippen molar-refractivity contribution in [2.45, 2.75) is 11.5 Å². The van der Waals surface area contributed by atoms with Crippen molar-refractivity contribution >= 4 is 27.1 Å². The molecule has 3 aromatic rings. The number of amides is 1. The van der Waals surface area contributed by atoms with E-state index in [2.05, 4.69) is 10.1 Å². The molecule has 2 N–H and O–H groups in total. The van der Waals surface area contributed by atoms with Gasteiger partial charge in [-0.15, -0.1) is 11.3 Å². The Kier molecular flexibility index (Phi) is 4.45. The number of carbonyl (C=O) groups is 1. The molecule has 124 valence electrons. The molecule has 2 heterocycles. The lowest BCUT2D eigenvalue weighted by Crippen LogP contribution is -2.12. The third-order valence-corrected chi connectivity index (χ3v) is 5.48. The fourth-order valence-electron chi connectivity index (χ4n) is 2.13. The molecule has 7 nitrogen and oxygen atoms in total. The topological polar surface area (TPSA) is 116 Å². The molecule has 0 aliphatic heterocycles. The van der Waals surface area contributed by atoms with Crippen molar-refractivity contribution in [3.63, 3.8) is 0 Å². The lowest BCUT2D eigenvalue weighted by atomic mass is 10.1. The largest absolute Gasteiger partial charge is 0.366 e. The molecule has 0 saturated heterocycles. The van der Waals surface area contributed by atoms with Gasteiger partial charge in [0.2, 0.25) is 17.6 Å². The summed E-state index contributed by atoms with van der Waals surface area (Å²) in [7, 11) is -3.53. The van der Waals surface area contributed by atoms with Crippen LogP contribution in [0.25, 0.3) is 10.7 Å². The van der Waals surface area contributed by atoms with Crippen LogP contribution in [0.4, 0.5) is 0 Å². The Balaban J connectivity index is 1.75. The SMILES string of the molecule is NC(=O)c1cccc(CS(=O)(=O)Cc2nc(-c3cccs3)no2)c1. The molecular weight excluding hydrogens is 350 g/mol. The third kappa shape index (κ3) is 3.87. The molecule has 1 aromatic carbocycles. The summed E-state index contributed by atoms with van der Waals surface area (Å²) in [5.41, 5.74) is 5.94. The zero-order valence-corrected chi connectivity index (χ0v) is 14.0. The van der Waals surface area contributed by atoms with Gasteiger partial charge in [-0.1, -0.05) is 23.4 Å². The van der Waals surface area contributed by atoms with Crippen LogP contribution in [0.15, 0.2) is 46.3 Å². The zero-order chi connectivity index (χ0) is 17.2. The number of aromatic nitrogens is 2. The molecule has 0 radical (unpaired) electrons. The quantitative estimate of drug-likeness (QED) is 0.716. The van der Waals surface area contributed by atoms with Crippen LogP contribution in [0, 0.1) is 0 Å². The molecule has 1 amide bonds. The summed E-state index contributed by atoms with van der Waals surface area (Å²) in [6, 6.07) is 9.87. The van der Waals surface area contributed by atoms with Crippen LogP contribution in [0.3, 0.4) is 0 Å². The summed E-state index contributed by atoms with van der Waals surface area (Å²) in [5.74, 6) is -0.820. The number of nitrogens with zero attached hydrogens (tertiary/aromatic N) is 2. The summed E-state index contributed by atoms with van der Waals surface area (Å²) >= 11 is 1.44. The summed E-state index contributed by atoms with van der Waals surface area (Å²) in [6.07, 6.45) is 0. The predicted octanol–water partition coefficient (Wildman–Crippen LogP) is 2.01. The fraction of sp³-hybridized carbons (Fsp3) is 0.133. The molecule has 0 spiro atoms. The van der Waals surface area contributed by atoms with Gasteiger partial charge in [-0.05, 0) is 29.1 Å². The summed E-state index contributed by atoms with van der Waals surface area (Å²) in [5, 5.41) is 5.65. The van der Waals surface area contributed by atoms with Gasteiger partial charge in [-0.25, -0.2) is 8.42 Å². The first kappa shape index (κ1) is 16.3. The lowest BCUT2D eigenvalue weighted by molar-refractivity contribution is 0.1000. The minimum absolute atomic E-state index is 0.0319. The molecule has 0 atom stereocenters. The number of hydrogen-bond acceptors (Lipinski definition) is 7. The van der Waals surface area contributed by atoms with Crippen LogP contribution in [0.2, 0.25) is 0 Å². The Hall–Kier alpha value is -2.52. The Labute approximate surface area is 142 Å².